The first-order valence-electron chi connectivity index (χ1n) is 2.86. The fraction of sp³-hybridized carbons (Fsp3) is 0.667. The lowest BCUT2D eigenvalue weighted by molar-refractivity contribution is 0.169. The summed E-state index contributed by atoms with van der Waals surface area (Å²) in [6.07, 6.45) is -1.85. The molecule has 2 N–H and O–H groups in total. The summed E-state index contributed by atoms with van der Waals surface area (Å²) in [5.41, 5.74) is 0. The maximum absolute atomic E-state index is 8.62. The van der Waals surface area contributed by atoms with Crippen LogP contribution >= 0.6 is 0 Å². The standard InChI is InChI=1S/C6H8N2O2/c7-3-5(9)1-2-6(10)4-8/h5-6,9-10H,1-2H2. The van der Waals surface area contributed by atoms with Crippen LogP contribution in [0.1, 0.15) is 12.8 Å². The summed E-state index contributed by atoms with van der Waals surface area (Å²) in [5.74, 6) is 0. The highest BCUT2D eigenvalue weighted by molar-refractivity contribution is 4.87. The van der Waals surface area contributed by atoms with E-state index < -0.39 is 12.2 Å². The summed E-state index contributed by atoms with van der Waals surface area (Å²) in [5, 5.41) is 33.4. The van der Waals surface area contributed by atoms with Gasteiger partial charge in [0.2, 0.25) is 0 Å². The number of aliphatic hydroxyl groups is 2. The lowest BCUT2D eigenvalue weighted by Gasteiger charge is -2.00. The molecule has 0 aromatic rings. The minimum absolute atomic E-state index is 0.144. The van der Waals surface area contributed by atoms with Crippen LogP contribution in [0.3, 0.4) is 0 Å². The van der Waals surface area contributed by atoms with Crippen LogP contribution in [-0.4, -0.2) is 22.4 Å². The number of nitrogens with zero attached hydrogens (tertiary/aromatic N) is 2. The molecular weight excluding hydrogens is 132 g/mol. The zero-order valence-electron chi connectivity index (χ0n) is 5.36. The second-order valence-electron chi connectivity index (χ2n) is 1.87. The van der Waals surface area contributed by atoms with Crippen molar-refractivity contribution in [2.45, 2.75) is 25.0 Å². The molecule has 0 aromatic carbocycles. The summed E-state index contributed by atoms with van der Waals surface area (Å²) in [6.45, 7) is 0. The highest BCUT2D eigenvalue weighted by Gasteiger charge is 2.05. The van der Waals surface area contributed by atoms with Crippen molar-refractivity contribution in [2.24, 2.45) is 0 Å². The van der Waals surface area contributed by atoms with Crippen LogP contribution in [0, 0.1) is 22.7 Å². The van der Waals surface area contributed by atoms with Gasteiger partial charge in [-0.25, -0.2) is 0 Å². The van der Waals surface area contributed by atoms with Crippen LogP contribution in [0.15, 0.2) is 0 Å². The molecule has 54 valence electrons. The van der Waals surface area contributed by atoms with E-state index in [4.69, 9.17) is 20.7 Å². The monoisotopic (exact) mass is 140 g/mol. The van der Waals surface area contributed by atoms with Crippen LogP contribution < -0.4 is 0 Å². The van der Waals surface area contributed by atoms with Crippen molar-refractivity contribution in [3.63, 3.8) is 0 Å². The molecule has 0 heterocycles. The van der Waals surface area contributed by atoms with Gasteiger partial charge in [0.15, 0.2) is 0 Å². The maximum Gasteiger partial charge on any atom is 0.140 e. The number of rotatable bonds is 3. The van der Waals surface area contributed by atoms with Crippen molar-refractivity contribution >= 4 is 0 Å². The van der Waals surface area contributed by atoms with Crippen molar-refractivity contribution in [2.75, 3.05) is 0 Å². The van der Waals surface area contributed by atoms with Gasteiger partial charge in [-0.15, -0.1) is 0 Å². The molecule has 0 bridgehead atoms. The van der Waals surface area contributed by atoms with Gasteiger partial charge < -0.3 is 10.2 Å². The Hall–Kier alpha value is -1.10. The number of hydrogen-bond acceptors (Lipinski definition) is 4. The van der Waals surface area contributed by atoms with Crippen LogP contribution in [0.2, 0.25) is 0 Å². The average Bonchev–Trinajstić information content (AvgIpc) is 1.99. The Morgan fingerprint density at radius 2 is 1.30 bits per heavy atom. The zero-order chi connectivity index (χ0) is 7.98. The Morgan fingerprint density at radius 1 is 1.00 bits per heavy atom. The summed E-state index contributed by atoms with van der Waals surface area (Å²) in [6, 6.07) is 3.16. The predicted molar refractivity (Wildman–Crippen MR) is 32.5 cm³/mol. The molecule has 0 rings (SSSR count). The predicted octanol–water partition coefficient (Wildman–Crippen LogP) is -0.464. The smallest absolute Gasteiger partial charge is 0.140 e. The fourth-order valence-corrected chi connectivity index (χ4v) is 0.445. The molecule has 10 heavy (non-hydrogen) atoms. The van der Waals surface area contributed by atoms with E-state index >= 15 is 0 Å². The number of aliphatic hydroxyl groups excluding tert-OH is 2. The van der Waals surface area contributed by atoms with Crippen molar-refractivity contribution < 1.29 is 10.2 Å². The lowest BCUT2D eigenvalue weighted by Crippen LogP contribution is -2.09. The lowest BCUT2D eigenvalue weighted by atomic mass is 10.1. The van der Waals surface area contributed by atoms with Gasteiger partial charge >= 0.3 is 0 Å². The fourth-order valence-electron chi connectivity index (χ4n) is 0.445. The Kier molecular flexibility index (Phi) is 4.23. The van der Waals surface area contributed by atoms with Crippen LogP contribution in [-0.2, 0) is 0 Å². The molecule has 4 nitrogen and oxygen atoms in total. The van der Waals surface area contributed by atoms with Gasteiger partial charge in [0, 0.05) is 0 Å². The molecule has 0 aliphatic heterocycles. The van der Waals surface area contributed by atoms with E-state index in [2.05, 4.69) is 0 Å². The third-order valence-electron chi connectivity index (χ3n) is 1.01. The van der Waals surface area contributed by atoms with Crippen molar-refractivity contribution in [3.8, 4) is 12.1 Å². The molecule has 0 radical (unpaired) electrons. The largest absolute Gasteiger partial charge is 0.378 e. The minimum atomic E-state index is -1.07. The molecule has 0 saturated heterocycles. The van der Waals surface area contributed by atoms with Crippen LogP contribution in [0.4, 0.5) is 0 Å². The summed E-state index contributed by atoms with van der Waals surface area (Å²) in [7, 11) is 0. The van der Waals surface area contributed by atoms with Crippen molar-refractivity contribution in [1.29, 1.82) is 10.5 Å². The Morgan fingerprint density at radius 3 is 1.50 bits per heavy atom. The molecule has 2 atom stereocenters. The molecule has 0 amide bonds. The molecule has 4 heteroatoms. The molecule has 0 fully saturated rings. The van der Waals surface area contributed by atoms with Crippen molar-refractivity contribution in [3.05, 3.63) is 0 Å². The highest BCUT2D eigenvalue weighted by Crippen LogP contribution is 1.99. The van der Waals surface area contributed by atoms with E-state index in [1.165, 1.54) is 0 Å². The zero-order valence-corrected chi connectivity index (χ0v) is 5.36. The third-order valence-corrected chi connectivity index (χ3v) is 1.01. The van der Waals surface area contributed by atoms with Gasteiger partial charge in [-0.3, -0.25) is 0 Å². The normalized spacial score (nSPS) is 14.8. The Bertz CT molecular complexity index is 148. The van der Waals surface area contributed by atoms with E-state index in [1.54, 1.807) is 12.1 Å². The van der Waals surface area contributed by atoms with Crippen LogP contribution in [0.25, 0.3) is 0 Å². The van der Waals surface area contributed by atoms with Gasteiger partial charge in [0.05, 0.1) is 12.1 Å². The Labute approximate surface area is 58.9 Å². The first kappa shape index (κ1) is 8.90. The second kappa shape index (κ2) is 4.75. The van der Waals surface area contributed by atoms with E-state index in [0.29, 0.717) is 0 Å². The van der Waals surface area contributed by atoms with E-state index in [-0.39, 0.29) is 12.8 Å². The SMILES string of the molecule is N#CC(O)CCC(O)C#N. The molecular formula is C6H8N2O2. The summed E-state index contributed by atoms with van der Waals surface area (Å²) in [4.78, 5) is 0. The van der Waals surface area contributed by atoms with E-state index in [0.717, 1.165) is 0 Å². The topological polar surface area (TPSA) is 88.0 Å². The van der Waals surface area contributed by atoms with E-state index in [9.17, 15) is 0 Å². The number of nitriles is 2. The first-order chi connectivity index (χ1) is 4.70. The van der Waals surface area contributed by atoms with Crippen LogP contribution in [0.5, 0.6) is 0 Å². The third kappa shape index (κ3) is 3.85. The van der Waals surface area contributed by atoms with Gasteiger partial charge in [0.1, 0.15) is 12.2 Å². The van der Waals surface area contributed by atoms with Gasteiger partial charge in [-0.05, 0) is 12.8 Å². The summed E-state index contributed by atoms with van der Waals surface area (Å²) < 4.78 is 0. The quantitative estimate of drug-likeness (QED) is 0.519. The van der Waals surface area contributed by atoms with Gasteiger partial charge in [0.25, 0.3) is 0 Å². The maximum atomic E-state index is 8.62. The average molecular weight is 140 g/mol. The summed E-state index contributed by atoms with van der Waals surface area (Å²) >= 11 is 0. The number of hydrogen-bond donors (Lipinski definition) is 2. The highest BCUT2D eigenvalue weighted by atomic mass is 16.3. The first-order valence-corrected chi connectivity index (χ1v) is 2.86. The molecule has 0 aromatic heterocycles. The van der Waals surface area contributed by atoms with E-state index in [1.807, 2.05) is 0 Å². The van der Waals surface area contributed by atoms with Gasteiger partial charge in [-0.1, -0.05) is 0 Å². The molecule has 2 unspecified atom stereocenters. The molecule has 0 aliphatic carbocycles. The van der Waals surface area contributed by atoms with Crippen molar-refractivity contribution in [1.82, 2.24) is 0 Å². The molecule has 0 saturated carbocycles. The molecule has 0 spiro atoms. The minimum Gasteiger partial charge on any atom is -0.378 e. The molecule has 0 aliphatic rings. The van der Waals surface area contributed by atoms with Gasteiger partial charge in [-0.2, -0.15) is 10.5 Å². The second-order valence-corrected chi connectivity index (χ2v) is 1.87. The Balaban J connectivity index is 3.40.